The lowest BCUT2D eigenvalue weighted by Gasteiger charge is -2.08. The van der Waals surface area contributed by atoms with Crippen molar-refractivity contribution in [2.24, 2.45) is 0 Å². The summed E-state index contributed by atoms with van der Waals surface area (Å²) in [5, 5.41) is 10.2. The van der Waals surface area contributed by atoms with Crippen LogP contribution >= 0.6 is 23.2 Å². The van der Waals surface area contributed by atoms with Crippen molar-refractivity contribution in [3.63, 3.8) is 0 Å². The van der Waals surface area contributed by atoms with Crippen molar-refractivity contribution < 1.29 is 9.90 Å². The van der Waals surface area contributed by atoms with E-state index in [2.05, 4.69) is 0 Å². The van der Waals surface area contributed by atoms with Gasteiger partial charge in [0, 0.05) is 11.1 Å². The Morgan fingerprint density at radius 1 is 1.17 bits per heavy atom. The van der Waals surface area contributed by atoms with E-state index in [0.29, 0.717) is 26.7 Å². The van der Waals surface area contributed by atoms with Gasteiger partial charge in [0.15, 0.2) is 5.78 Å². The highest BCUT2D eigenvalue weighted by molar-refractivity contribution is 6.42. The second-order valence-corrected chi connectivity index (χ2v) is 4.70. The average molecular weight is 281 g/mol. The molecule has 2 aromatic rings. The van der Waals surface area contributed by atoms with Crippen LogP contribution in [0.5, 0.6) is 5.75 Å². The minimum atomic E-state index is -0.193. The second kappa shape index (κ2) is 5.01. The molecule has 4 heteroatoms. The predicted octanol–water partition coefficient (Wildman–Crippen LogP) is 4.24. The van der Waals surface area contributed by atoms with E-state index in [4.69, 9.17) is 23.2 Å². The molecule has 2 rings (SSSR count). The predicted molar refractivity (Wildman–Crippen MR) is 72.7 cm³/mol. The van der Waals surface area contributed by atoms with Crippen molar-refractivity contribution in [3.8, 4) is 5.75 Å². The molecule has 0 bridgehead atoms. The van der Waals surface area contributed by atoms with Gasteiger partial charge in [-0.05, 0) is 36.8 Å². The molecule has 2 nitrogen and oxygen atoms in total. The number of hydrogen-bond acceptors (Lipinski definition) is 2. The second-order valence-electron chi connectivity index (χ2n) is 3.91. The lowest BCUT2D eigenvalue weighted by molar-refractivity contribution is 0.103. The zero-order valence-electron chi connectivity index (χ0n) is 9.58. The third-order valence-electron chi connectivity index (χ3n) is 2.69. The van der Waals surface area contributed by atoms with E-state index in [9.17, 15) is 9.90 Å². The first-order valence-corrected chi connectivity index (χ1v) is 6.04. The molecular weight excluding hydrogens is 271 g/mol. The molecule has 18 heavy (non-hydrogen) atoms. The number of aromatic hydroxyl groups is 1. The van der Waals surface area contributed by atoms with Crippen molar-refractivity contribution in [1.82, 2.24) is 0 Å². The quantitative estimate of drug-likeness (QED) is 0.836. The van der Waals surface area contributed by atoms with Gasteiger partial charge in [0.25, 0.3) is 0 Å². The zero-order chi connectivity index (χ0) is 13.3. The van der Waals surface area contributed by atoms with Crippen LogP contribution in [0, 0.1) is 6.92 Å². The largest absolute Gasteiger partial charge is 0.508 e. The van der Waals surface area contributed by atoms with Gasteiger partial charge >= 0.3 is 0 Å². The van der Waals surface area contributed by atoms with Gasteiger partial charge in [0.1, 0.15) is 5.75 Å². The zero-order valence-corrected chi connectivity index (χ0v) is 11.1. The first-order valence-electron chi connectivity index (χ1n) is 5.29. The fourth-order valence-corrected chi connectivity index (χ4v) is 2.07. The highest BCUT2D eigenvalue weighted by Gasteiger charge is 2.15. The summed E-state index contributed by atoms with van der Waals surface area (Å²) in [6.45, 7) is 1.74. The molecule has 0 aliphatic rings. The van der Waals surface area contributed by atoms with Crippen molar-refractivity contribution >= 4 is 29.0 Å². The van der Waals surface area contributed by atoms with Gasteiger partial charge in [-0.15, -0.1) is 0 Å². The number of halogens is 2. The van der Waals surface area contributed by atoms with E-state index in [-0.39, 0.29) is 11.5 Å². The standard InChI is InChI=1S/C14H10Cl2O2/c1-8-11(5-6-12(15)13(8)16)14(18)9-3-2-4-10(17)7-9/h2-7,17H,1H3. The molecule has 0 aliphatic heterocycles. The average Bonchev–Trinajstić information content (AvgIpc) is 2.35. The van der Waals surface area contributed by atoms with E-state index in [1.54, 1.807) is 31.2 Å². The number of hydrogen-bond donors (Lipinski definition) is 1. The topological polar surface area (TPSA) is 37.3 Å². The number of phenolic OH excluding ortho intramolecular Hbond substituents is 1. The van der Waals surface area contributed by atoms with Crippen molar-refractivity contribution in [1.29, 1.82) is 0 Å². The van der Waals surface area contributed by atoms with E-state index in [1.165, 1.54) is 12.1 Å². The van der Waals surface area contributed by atoms with Crippen molar-refractivity contribution in [2.45, 2.75) is 6.92 Å². The Bertz CT molecular complexity index is 621. The minimum Gasteiger partial charge on any atom is -0.508 e. The van der Waals surface area contributed by atoms with Crippen LogP contribution in [0.3, 0.4) is 0 Å². The Hall–Kier alpha value is -1.51. The summed E-state index contributed by atoms with van der Waals surface area (Å²) in [6, 6.07) is 9.42. The van der Waals surface area contributed by atoms with E-state index in [1.807, 2.05) is 0 Å². The molecule has 0 unspecified atom stereocenters. The van der Waals surface area contributed by atoms with Crippen LogP contribution in [0.4, 0.5) is 0 Å². The van der Waals surface area contributed by atoms with Crippen LogP contribution in [-0.4, -0.2) is 10.9 Å². The molecule has 92 valence electrons. The molecule has 0 saturated carbocycles. The monoisotopic (exact) mass is 280 g/mol. The maximum Gasteiger partial charge on any atom is 0.193 e. The van der Waals surface area contributed by atoms with Crippen LogP contribution in [0.1, 0.15) is 21.5 Å². The number of phenols is 1. The molecule has 2 aromatic carbocycles. The van der Waals surface area contributed by atoms with E-state index < -0.39 is 0 Å². The van der Waals surface area contributed by atoms with Crippen LogP contribution in [0.2, 0.25) is 10.0 Å². The van der Waals surface area contributed by atoms with Crippen LogP contribution in [0.15, 0.2) is 36.4 Å². The molecule has 0 amide bonds. The van der Waals surface area contributed by atoms with Gasteiger partial charge in [-0.3, -0.25) is 4.79 Å². The van der Waals surface area contributed by atoms with Crippen LogP contribution in [-0.2, 0) is 0 Å². The molecule has 0 radical (unpaired) electrons. The van der Waals surface area contributed by atoms with Gasteiger partial charge in [-0.1, -0.05) is 35.3 Å². The minimum absolute atomic E-state index is 0.0542. The van der Waals surface area contributed by atoms with Gasteiger partial charge in [0.05, 0.1) is 10.0 Å². The lowest BCUT2D eigenvalue weighted by atomic mass is 9.99. The van der Waals surface area contributed by atoms with Crippen molar-refractivity contribution in [3.05, 3.63) is 63.1 Å². The number of carbonyl (C=O) groups excluding carboxylic acids is 1. The molecule has 0 aromatic heterocycles. The molecule has 1 N–H and O–H groups in total. The molecular formula is C14H10Cl2O2. The molecule has 0 fully saturated rings. The number of ketones is 1. The van der Waals surface area contributed by atoms with Crippen LogP contribution < -0.4 is 0 Å². The maximum absolute atomic E-state index is 12.3. The fourth-order valence-electron chi connectivity index (χ4n) is 1.70. The third kappa shape index (κ3) is 2.35. The Balaban J connectivity index is 2.50. The summed E-state index contributed by atoms with van der Waals surface area (Å²) >= 11 is 11.9. The summed E-state index contributed by atoms with van der Waals surface area (Å²) in [5.41, 5.74) is 1.53. The van der Waals surface area contributed by atoms with Gasteiger partial charge in [0.2, 0.25) is 0 Å². The van der Waals surface area contributed by atoms with Crippen molar-refractivity contribution in [2.75, 3.05) is 0 Å². The Labute approximate surface area is 115 Å². The van der Waals surface area contributed by atoms with E-state index >= 15 is 0 Å². The Morgan fingerprint density at radius 2 is 1.89 bits per heavy atom. The summed E-state index contributed by atoms with van der Waals surface area (Å²) in [6.07, 6.45) is 0. The normalized spacial score (nSPS) is 10.4. The lowest BCUT2D eigenvalue weighted by Crippen LogP contribution is -2.04. The van der Waals surface area contributed by atoms with Gasteiger partial charge in [-0.2, -0.15) is 0 Å². The number of rotatable bonds is 2. The number of carbonyl (C=O) groups is 1. The van der Waals surface area contributed by atoms with Gasteiger partial charge in [-0.25, -0.2) is 0 Å². The summed E-state index contributed by atoms with van der Waals surface area (Å²) in [4.78, 5) is 12.3. The van der Waals surface area contributed by atoms with E-state index in [0.717, 1.165) is 0 Å². The molecule has 0 spiro atoms. The first-order chi connectivity index (χ1) is 8.50. The number of benzene rings is 2. The summed E-state index contributed by atoms with van der Waals surface area (Å²) < 4.78 is 0. The Morgan fingerprint density at radius 3 is 2.56 bits per heavy atom. The smallest absolute Gasteiger partial charge is 0.193 e. The summed E-state index contributed by atoms with van der Waals surface area (Å²) in [7, 11) is 0. The SMILES string of the molecule is Cc1c(C(=O)c2cccc(O)c2)ccc(Cl)c1Cl. The molecule has 0 aliphatic carbocycles. The molecule has 0 heterocycles. The molecule has 0 saturated heterocycles. The van der Waals surface area contributed by atoms with Crippen LogP contribution in [0.25, 0.3) is 0 Å². The first kappa shape index (κ1) is 12.9. The van der Waals surface area contributed by atoms with Gasteiger partial charge < -0.3 is 5.11 Å². The third-order valence-corrected chi connectivity index (χ3v) is 3.59. The molecule has 0 atom stereocenters. The highest BCUT2D eigenvalue weighted by Crippen LogP contribution is 2.29. The maximum atomic E-state index is 12.3. The fraction of sp³-hybridized carbons (Fsp3) is 0.0714. The highest BCUT2D eigenvalue weighted by atomic mass is 35.5. The Kier molecular flexibility index (Phi) is 3.60. The summed E-state index contributed by atoms with van der Waals surface area (Å²) in [5.74, 6) is -0.138.